The van der Waals surface area contributed by atoms with E-state index in [1.807, 2.05) is 72.8 Å². The van der Waals surface area contributed by atoms with Crippen LogP contribution in [0, 0.1) is 0 Å². The Bertz CT molecular complexity index is 3490. The number of alkyl halides is 1. The Kier molecular flexibility index (Phi) is 18.1. The molecule has 2 N–H and O–H groups in total. The number of esters is 4. The van der Waals surface area contributed by atoms with Gasteiger partial charge in [0.25, 0.3) is 11.8 Å². The van der Waals surface area contributed by atoms with Crippen molar-refractivity contribution in [1.82, 2.24) is 35.4 Å². The second-order valence-corrected chi connectivity index (χ2v) is 19.7. The second kappa shape index (κ2) is 26.0. The van der Waals surface area contributed by atoms with Crippen LogP contribution in [0.1, 0.15) is 64.4 Å². The van der Waals surface area contributed by atoms with Gasteiger partial charge in [-0.3, -0.25) is 39.0 Å². The third kappa shape index (κ3) is 13.7. The molecule has 2 aliphatic rings. The van der Waals surface area contributed by atoms with Crippen molar-refractivity contribution in [2.24, 2.45) is 5.16 Å². The van der Waals surface area contributed by atoms with Crippen LogP contribution in [0.2, 0.25) is 0 Å². The van der Waals surface area contributed by atoms with E-state index in [4.69, 9.17) is 39.8 Å². The van der Waals surface area contributed by atoms with Crippen molar-refractivity contribution in [2.75, 3.05) is 22.7 Å². The van der Waals surface area contributed by atoms with E-state index in [0.29, 0.717) is 16.7 Å². The molecule has 0 unspecified atom stereocenters. The number of ether oxygens (including phenoxy) is 4. The van der Waals surface area contributed by atoms with Crippen LogP contribution in [-0.4, -0.2) is 112 Å². The fraction of sp³-hybridized carbons (Fsp3) is 0.182. The zero-order valence-corrected chi connectivity index (χ0v) is 44.9. The summed E-state index contributed by atoms with van der Waals surface area (Å²) in [4.78, 5) is 117. The smallest absolute Gasteiger partial charge is 0.365 e. The summed E-state index contributed by atoms with van der Waals surface area (Å²) in [7, 11) is 0. The number of amides is 3. The minimum atomic E-state index is -1.34. The molecule has 0 radical (unpaired) electrons. The molecule has 412 valence electrons. The molecule has 9 rings (SSSR count). The summed E-state index contributed by atoms with van der Waals surface area (Å²) in [6.45, 7) is 1.82. The number of rotatable bonds is 21. The zero-order valence-electron chi connectivity index (χ0n) is 42.5. The minimum absolute atomic E-state index is 0.0180. The SMILES string of the molecule is CC(=O)Oc1ccc(C(=O)O/N=C(\C(=O)N[C@@H]2C(=O)N3C(C(=O)OC(c4ccccc4)c4ccccc4)=C(CSc4nnnn4CC(=O)OC(c4ccccc4)c4ccccc4)CS[C@H]23)c2coc(NC(=O)CCl)n2)cc1OC(C)=O. The fourth-order valence-corrected chi connectivity index (χ4v) is 10.6. The predicted molar refractivity (Wildman–Crippen MR) is 289 cm³/mol. The Morgan fingerprint density at radius 3 is 1.94 bits per heavy atom. The first-order valence-electron chi connectivity index (χ1n) is 24.3. The van der Waals surface area contributed by atoms with Gasteiger partial charge in [0.05, 0.1) is 5.56 Å². The number of thioether (sulfide) groups is 2. The van der Waals surface area contributed by atoms with E-state index < -0.39 is 88.8 Å². The molecule has 23 nitrogen and oxygen atoms in total. The number of fused-ring (bicyclic) bond motifs is 1. The van der Waals surface area contributed by atoms with Crippen molar-refractivity contribution in [2.45, 2.75) is 49.2 Å². The summed E-state index contributed by atoms with van der Waals surface area (Å²) >= 11 is 7.94. The third-order valence-electron chi connectivity index (χ3n) is 11.8. The van der Waals surface area contributed by atoms with Crippen molar-refractivity contribution in [3.8, 4) is 11.5 Å². The highest BCUT2D eigenvalue weighted by Gasteiger charge is 2.55. The molecule has 3 amide bonds. The first kappa shape index (κ1) is 56.3. The molecule has 26 heteroatoms. The van der Waals surface area contributed by atoms with Crippen LogP contribution in [0.5, 0.6) is 11.5 Å². The van der Waals surface area contributed by atoms with E-state index in [9.17, 15) is 38.4 Å². The summed E-state index contributed by atoms with van der Waals surface area (Å²) in [6.07, 6.45) is -0.748. The Balaban J connectivity index is 0.982. The predicted octanol–water partition coefficient (Wildman–Crippen LogP) is 6.36. The zero-order chi connectivity index (χ0) is 57.0. The minimum Gasteiger partial charge on any atom is -0.451 e. The van der Waals surface area contributed by atoms with Gasteiger partial charge in [0, 0.05) is 25.4 Å². The molecule has 1 saturated heterocycles. The third-order valence-corrected chi connectivity index (χ3v) is 14.4. The van der Waals surface area contributed by atoms with E-state index in [2.05, 4.69) is 36.3 Å². The van der Waals surface area contributed by atoms with Gasteiger partial charge in [-0.15, -0.1) is 28.5 Å². The molecular weight excluding hydrogens is 1110 g/mol. The summed E-state index contributed by atoms with van der Waals surface area (Å²) < 4.78 is 29.1. The average molecular weight is 1150 g/mol. The van der Waals surface area contributed by atoms with Crippen LogP contribution in [0.15, 0.2) is 172 Å². The molecule has 0 spiro atoms. The molecule has 2 atom stereocenters. The molecule has 0 bridgehead atoms. The Morgan fingerprint density at radius 1 is 0.778 bits per heavy atom. The fourth-order valence-electron chi connectivity index (χ4n) is 8.21. The normalized spacial score (nSPS) is 14.8. The second-order valence-electron chi connectivity index (χ2n) is 17.4. The number of nitrogens with one attached hydrogen (secondary N) is 2. The Morgan fingerprint density at radius 2 is 1.36 bits per heavy atom. The van der Waals surface area contributed by atoms with Crippen LogP contribution in [0.4, 0.5) is 6.01 Å². The van der Waals surface area contributed by atoms with Crippen molar-refractivity contribution in [1.29, 1.82) is 0 Å². The van der Waals surface area contributed by atoms with Crippen LogP contribution in [0.25, 0.3) is 0 Å². The van der Waals surface area contributed by atoms with Gasteiger partial charge in [0.1, 0.15) is 41.5 Å². The maximum Gasteiger partial charge on any atom is 0.365 e. The van der Waals surface area contributed by atoms with Gasteiger partial charge in [-0.25, -0.2) is 14.3 Å². The number of oxazole rings is 1. The summed E-state index contributed by atoms with van der Waals surface area (Å²) in [5, 5.41) is 19.9. The average Bonchev–Trinajstić information content (AvgIpc) is 3.67. The standard InChI is InChI=1S/C55H44ClN9O14S2/c1-31(66)75-40-24-23-37(25-41(40)76-32(2)67)52(72)79-61-44(39-28-74-54(57-39)58-42(68)26-56)49(70)59-45-50(71)65-46(53(73)78-48(35-19-11-5-12-20-35)36-21-13-6-14-22-36)38(29-80-51(45)65)30-81-55-60-62-63-64(55)27-43(69)77-47(33-15-7-3-8-16-33)34-17-9-4-10-18-34/h3-25,28,45,47-48,51H,26-27,29-30H2,1-2H3,(H,59,70)(H,57,58,68)/b61-44-/t45-,51-/m1/s1. The van der Waals surface area contributed by atoms with Crippen molar-refractivity contribution >= 4 is 94.4 Å². The molecular formula is C55H44ClN9O14S2. The number of oxime groups is 1. The molecule has 1 fully saturated rings. The summed E-state index contributed by atoms with van der Waals surface area (Å²) in [5.41, 5.74) is 1.71. The lowest BCUT2D eigenvalue weighted by molar-refractivity contribution is -0.154. The van der Waals surface area contributed by atoms with E-state index in [1.54, 1.807) is 48.5 Å². The largest absolute Gasteiger partial charge is 0.451 e. The number of β-lactam (4-membered cyclic amide) rings is 1. The first-order chi connectivity index (χ1) is 39.2. The molecule has 2 aliphatic heterocycles. The van der Waals surface area contributed by atoms with Crippen LogP contribution < -0.4 is 20.1 Å². The van der Waals surface area contributed by atoms with Gasteiger partial charge in [0.2, 0.25) is 11.1 Å². The number of tetrazole rings is 1. The number of aromatic nitrogens is 5. The quantitative estimate of drug-likeness (QED) is 0.0116. The van der Waals surface area contributed by atoms with Gasteiger partial charge in [0.15, 0.2) is 29.4 Å². The monoisotopic (exact) mass is 1150 g/mol. The molecule has 2 aromatic heterocycles. The number of halogens is 1. The highest BCUT2D eigenvalue weighted by atomic mass is 35.5. The lowest BCUT2D eigenvalue weighted by Crippen LogP contribution is -2.71. The summed E-state index contributed by atoms with van der Waals surface area (Å²) in [6, 6.07) is 38.1. The van der Waals surface area contributed by atoms with Gasteiger partial charge < -0.3 is 33.5 Å². The first-order valence-corrected chi connectivity index (χ1v) is 26.9. The van der Waals surface area contributed by atoms with E-state index >= 15 is 0 Å². The van der Waals surface area contributed by atoms with Crippen molar-refractivity contribution in [3.63, 3.8) is 0 Å². The molecule has 4 heterocycles. The molecule has 0 aliphatic carbocycles. The number of anilines is 1. The lowest BCUT2D eigenvalue weighted by Gasteiger charge is -2.49. The van der Waals surface area contributed by atoms with Gasteiger partial charge in [-0.1, -0.05) is 138 Å². The molecule has 81 heavy (non-hydrogen) atoms. The number of carbonyl (C=O) groups excluding carboxylic acids is 8. The Hall–Kier alpha value is -9.46. The molecule has 5 aromatic carbocycles. The van der Waals surface area contributed by atoms with E-state index in [1.165, 1.54) is 27.4 Å². The van der Waals surface area contributed by atoms with Gasteiger partial charge in [-0.2, -0.15) is 4.98 Å². The molecule has 7 aromatic rings. The maximum atomic E-state index is 14.9. The van der Waals surface area contributed by atoms with Crippen LogP contribution in [0.3, 0.4) is 0 Å². The number of hydrogen-bond acceptors (Lipinski definition) is 21. The number of hydrogen-bond donors (Lipinski definition) is 2. The van der Waals surface area contributed by atoms with Crippen LogP contribution in [-0.2, 0) is 54.4 Å². The van der Waals surface area contributed by atoms with E-state index in [0.717, 1.165) is 55.1 Å². The highest BCUT2D eigenvalue weighted by molar-refractivity contribution is 8.01. The lowest BCUT2D eigenvalue weighted by atomic mass is 10.0. The topological polar surface area (TPSA) is 292 Å². The van der Waals surface area contributed by atoms with E-state index in [-0.39, 0.29) is 51.7 Å². The maximum absolute atomic E-state index is 14.9. The highest BCUT2D eigenvalue weighted by Crippen LogP contribution is 2.43. The van der Waals surface area contributed by atoms with Gasteiger partial charge in [-0.05, 0) is 56.5 Å². The number of carbonyl (C=O) groups is 8. The van der Waals surface area contributed by atoms with Crippen molar-refractivity contribution in [3.05, 3.63) is 191 Å². The summed E-state index contributed by atoms with van der Waals surface area (Å²) in [5.74, 6) is -7.71. The van der Waals surface area contributed by atoms with Crippen LogP contribution >= 0.6 is 35.1 Å². The van der Waals surface area contributed by atoms with Gasteiger partial charge >= 0.3 is 35.9 Å². The Labute approximate surface area is 473 Å². The van der Waals surface area contributed by atoms with Crippen molar-refractivity contribution < 1.29 is 66.6 Å². The number of benzene rings is 5. The molecule has 0 saturated carbocycles. The number of nitrogens with zero attached hydrogens (tertiary/aromatic N) is 7.